The van der Waals surface area contributed by atoms with Crippen molar-refractivity contribution < 1.29 is 0 Å². The number of rotatable bonds is 5. The summed E-state index contributed by atoms with van der Waals surface area (Å²) in [5, 5.41) is 3.19. The Labute approximate surface area is 185 Å². The maximum atomic E-state index is 6.05. The number of anilines is 1. The Hall–Kier alpha value is -1.95. The lowest BCUT2D eigenvalue weighted by Crippen LogP contribution is -2.15. The minimum absolute atomic E-state index is 0.0556. The van der Waals surface area contributed by atoms with Crippen molar-refractivity contribution in [2.24, 2.45) is 0 Å². The molecule has 5 nitrogen and oxygen atoms in total. The van der Waals surface area contributed by atoms with E-state index in [1.807, 2.05) is 24.3 Å². The molecule has 3 aromatic rings. The van der Waals surface area contributed by atoms with E-state index in [-0.39, 0.29) is 11.2 Å². The van der Waals surface area contributed by atoms with E-state index in [1.54, 1.807) is 12.4 Å². The van der Waals surface area contributed by atoms with Crippen LogP contribution >= 0.6 is 34.8 Å². The largest absolute Gasteiger partial charge is 0.354 e. The fraction of sp³-hybridized carbons (Fsp3) is 0.333. The molecule has 0 fully saturated rings. The van der Waals surface area contributed by atoms with Crippen molar-refractivity contribution >= 4 is 40.8 Å². The molecule has 152 valence electrons. The zero-order valence-electron chi connectivity index (χ0n) is 16.5. The first kappa shape index (κ1) is 21.8. The number of aromatic nitrogens is 4. The van der Waals surface area contributed by atoms with Crippen molar-refractivity contribution in [2.45, 2.75) is 36.4 Å². The van der Waals surface area contributed by atoms with Gasteiger partial charge >= 0.3 is 0 Å². The van der Waals surface area contributed by atoms with Crippen LogP contribution in [0.1, 0.15) is 37.7 Å². The molecule has 0 amide bonds. The maximum absolute atomic E-state index is 6.05. The summed E-state index contributed by atoms with van der Waals surface area (Å²) in [6, 6.07) is 12.0. The number of nitrogens with one attached hydrogen (secondary N) is 1. The van der Waals surface area contributed by atoms with Crippen LogP contribution in [0.4, 0.5) is 5.95 Å². The van der Waals surface area contributed by atoms with Gasteiger partial charge in [0.25, 0.3) is 0 Å². The van der Waals surface area contributed by atoms with Crippen LogP contribution in [0, 0.1) is 0 Å². The van der Waals surface area contributed by atoms with Crippen LogP contribution in [0.3, 0.4) is 0 Å². The summed E-state index contributed by atoms with van der Waals surface area (Å²) in [6.07, 6.45) is 4.31. The predicted molar refractivity (Wildman–Crippen MR) is 120 cm³/mol. The highest BCUT2D eigenvalue weighted by molar-refractivity contribution is 6.66. The summed E-state index contributed by atoms with van der Waals surface area (Å²) >= 11 is 18.1. The molecule has 8 heteroatoms. The smallest absolute Gasteiger partial charge is 0.250 e. The topological polar surface area (TPSA) is 63.6 Å². The molecule has 2 heterocycles. The lowest BCUT2D eigenvalue weighted by atomic mass is 9.87. The van der Waals surface area contributed by atoms with Crippen molar-refractivity contribution in [1.82, 2.24) is 19.9 Å². The van der Waals surface area contributed by atoms with Crippen LogP contribution in [-0.4, -0.2) is 26.5 Å². The molecule has 2 aromatic heterocycles. The first-order valence-corrected chi connectivity index (χ1v) is 10.3. The molecule has 0 unspecified atom stereocenters. The zero-order valence-corrected chi connectivity index (χ0v) is 18.7. The van der Waals surface area contributed by atoms with Crippen molar-refractivity contribution in [3.05, 3.63) is 65.7 Å². The van der Waals surface area contributed by atoms with E-state index < -0.39 is 3.79 Å². The summed E-state index contributed by atoms with van der Waals surface area (Å²) in [7, 11) is 0. The van der Waals surface area contributed by atoms with Gasteiger partial charge in [-0.05, 0) is 35.1 Å². The molecule has 0 saturated carbocycles. The average Bonchev–Trinajstić information content (AvgIpc) is 2.67. The van der Waals surface area contributed by atoms with Gasteiger partial charge in [0.2, 0.25) is 9.74 Å². The molecule has 0 bridgehead atoms. The standard InChI is InChI=1S/C21H22Cl3N5/c1-20(2,3)16-6-4-15(5-7-16)17-27-18(21(22,23)24)29-19(28-17)26-13-10-14-8-11-25-12-9-14/h4-9,11-12H,10,13H2,1-3H3,(H,26,27,28,29). The highest BCUT2D eigenvalue weighted by atomic mass is 35.6. The predicted octanol–water partition coefficient (Wildman–Crippen LogP) is 5.71. The van der Waals surface area contributed by atoms with E-state index in [1.165, 1.54) is 5.56 Å². The fourth-order valence-corrected chi connectivity index (χ4v) is 2.95. The SMILES string of the molecule is CC(C)(C)c1ccc(-c2nc(NCCc3ccncc3)nc(C(Cl)(Cl)Cl)n2)cc1. The normalized spacial score (nSPS) is 12.1. The van der Waals surface area contributed by atoms with Crippen LogP contribution in [0.15, 0.2) is 48.8 Å². The monoisotopic (exact) mass is 449 g/mol. The van der Waals surface area contributed by atoms with E-state index in [4.69, 9.17) is 34.8 Å². The van der Waals surface area contributed by atoms with Gasteiger partial charge in [0, 0.05) is 24.5 Å². The molecule has 0 saturated heterocycles. The lowest BCUT2D eigenvalue weighted by molar-refractivity contribution is 0.590. The summed E-state index contributed by atoms with van der Waals surface area (Å²) in [4.78, 5) is 17.2. The van der Waals surface area contributed by atoms with Crippen molar-refractivity contribution in [2.75, 3.05) is 11.9 Å². The Kier molecular flexibility index (Phi) is 6.62. The molecule has 0 aliphatic heterocycles. The second-order valence-corrected chi connectivity index (χ2v) is 9.94. The lowest BCUT2D eigenvalue weighted by Gasteiger charge is -2.19. The Morgan fingerprint density at radius 1 is 0.862 bits per heavy atom. The molecule has 0 atom stereocenters. The quantitative estimate of drug-likeness (QED) is 0.504. The number of hydrogen-bond donors (Lipinski definition) is 1. The van der Waals surface area contributed by atoms with Gasteiger partial charge in [-0.3, -0.25) is 4.98 Å². The van der Waals surface area contributed by atoms with Gasteiger partial charge in [0.1, 0.15) is 0 Å². The highest BCUT2D eigenvalue weighted by Gasteiger charge is 2.28. The van der Waals surface area contributed by atoms with Gasteiger partial charge in [0.15, 0.2) is 11.6 Å². The van der Waals surface area contributed by atoms with Crippen LogP contribution in [0.25, 0.3) is 11.4 Å². The summed E-state index contributed by atoms with van der Waals surface area (Å²) in [5.74, 6) is 0.900. The molecule has 0 aliphatic carbocycles. The third-order valence-electron chi connectivity index (χ3n) is 4.34. The highest BCUT2D eigenvalue weighted by Crippen LogP contribution is 2.37. The third kappa shape index (κ3) is 6.01. The molecule has 0 aliphatic rings. The minimum Gasteiger partial charge on any atom is -0.354 e. The molecule has 29 heavy (non-hydrogen) atoms. The van der Waals surface area contributed by atoms with Gasteiger partial charge in [-0.1, -0.05) is 79.8 Å². The van der Waals surface area contributed by atoms with Crippen LogP contribution in [-0.2, 0) is 15.6 Å². The molecule has 3 rings (SSSR count). The van der Waals surface area contributed by atoms with Crippen LogP contribution in [0.2, 0.25) is 0 Å². The third-order valence-corrected chi connectivity index (χ3v) is 4.85. The molecule has 0 spiro atoms. The molecule has 1 aromatic carbocycles. The maximum Gasteiger partial charge on any atom is 0.250 e. The molecular formula is C21H22Cl3N5. The average molecular weight is 451 g/mol. The Morgan fingerprint density at radius 3 is 2.10 bits per heavy atom. The minimum atomic E-state index is -1.75. The van der Waals surface area contributed by atoms with Gasteiger partial charge in [-0.25, -0.2) is 4.98 Å². The van der Waals surface area contributed by atoms with E-state index in [0.29, 0.717) is 18.3 Å². The summed E-state index contributed by atoms with van der Waals surface area (Å²) in [5.41, 5.74) is 3.25. The van der Waals surface area contributed by atoms with Crippen LogP contribution in [0.5, 0.6) is 0 Å². The number of halogens is 3. The van der Waals surface area contributed by atoms with Gasteiger partial charge in [-0.15, -0.1) is 0 Å². The number of nitrogens with zero attached hydrogens (tertiary/aromatic N) is 4. The van der Waals surface area contributed by atoms with Crippen molar-refractivity contribution in [3.63, 3.8) is 0 Å². The fourth-order valence-electron chi connectivity index (χ4n) is 2.70. The number of hydrogen-bond acceptors (Lipinski definition) is 5. The van der Waals surface area contributed by atoms with Crippen molar-refractivity contribution in [1.29, 1.82) is 0 Å². The van der Waals surface area contributed by atoms with Gasteiger partial charge in [0.05, 0.1) is 0 Å². The van der Waals surface area contributed by atoms with Gasteiger partial charge < -0.3 is 5.32 Å². The van der Waals surface area contributed by atoms with E-state index >= 15 is 0 Å². The second kappa shape index (κ2) is 8.82. The Morgan fingerprint density at radius 2 is 1.52 bits per heavy atom. The number of pyridine rings is 1. The number of alkyl halides is 3. The Balaban J connectivity index is 1.85. The van der Waals surface area contributed by atoms with E-state index in [2.05, 4.69) is 58.2 Å². The molecule has 1 N–H and O–H groups in total. The summed E-state index contributed by atoms with van der Waals surface area (Å²) < 4.78 is -1.75. The van der Waals surface area contributed by atoms with E-state index in [9.17, 15) is 0 Å². The molecule has 0 radical (unpaired) electrons. The molecular weight excluding hydrogens is 429 g/mol. The van der Waals surface area contributed by atoms with Crippen molar-refractivity contribution in [3.8, 4) is 11.4 Å². The van der Waals surface area contributed by atoms with Crippen LogP contribution < -0.4 is 5.32 Å². The second-order valence-electron chi connectivity index (χ2n) is 7.66. The zero-order chi connectivity index (χ0) is 21.1. The first-order chi connectivity index (χ1) is 13.6. The van der Waals surface area contributed by atoms with Gasteiger partial charge in [-0.2, -0.15) is 9.97 Å². The Bertz CT molecular complexity index is 949. The summed E-state index contributed by atoms with van der Waals surface area (Å²) in [6.45, 7) is 7.11. The van der Waals surface area contributed by atoms with E-state index in [0.717, 1.165) is 17.5 Å². The number of benzene rings is 1. The first-order valence-electron chi connectivity index (χ1n) is 9.20.